The molecule has 1 unspecified atom stereocenters. The maximum atomic E-state index is 12.6. The van der Waals surface area contributed by atoms with Gasteiger partial charge in [-0.3, -0.25) is 15.0 Å². The van der Waals surface area contributed by atoms with Gasteiger partial charge in [-0.25, -0.2) is 0 Å². The van der Waals surface area contributed by atoms with E-state index in [0.717, 1.165) is 5.56 Å². The summed E-state index contributed by atoms with van der Waals surface area (Å²) < 4.78 is 16.3. The van der Waals surface area contributed by atoms with Gasteiger partial charge in [0.25, 0.3) is 11.8 Å². The summed E-state index contributed by atoms with van der Waals surface area (Å²) in [7, 11) is 4.52. The lowest BCUT2D eigenvalue weighted by molar-refractivity contribution is -0.345. The van der Waals surface area contributed by atoms with Crippen LogP contribution in [0.5, 0.6) is 0 Å². The van der Waals surface area contributed by atoms with E-state index in [1.807, 2.05) is 30.3 Å². The molecule has 1 aliphatic heterocycles. The lowest BCUT2D eigenvalue weighted by Crippen LogP contribution is -2.70. The molecule has 0 aromatic heterocycles. The fourth-order valence-corrected chi connectivity index (χ4v) is 2.57. The molecule has 1 saturated heterocycles. The van der Waals surface area contributed by atoms with Crippen LogP contribution >= 0.6 is 0 Å². The Morgan fingerprint density at radius 1 is 1.27 bits per heavy atom. The summed E-state index contributed by atoms with van der Waals surface area (Å²) in [5.41, 5.74) is 0.953. The lowest BCUT2D eigenvalue weighted by atomic mass is 10.2. The Morgan fingerprint density at radius 3 is 2.55 bits per heavy atom. The van der Waals surface area contributed by atoms with Crippen molar-refractivity contribution >= 4 is 12.0 Å². The Morgan fingerprint density at radius 2 is 1.95 bits per heavy atom. The van der Waals surface area contributed by atoms with E-state index in [2.05, 4.69) is 5.32 Å². The molecule has 1 amide bonds. The second-order valence-electron chi connectivity index (χ2n) is 4.84. The zero-order valence-corrected chi connectivity index (χ0v) is 13.1. The standard InChI is InChI=1S/C16H22N2O4/c1-20-15-16(21-2,22-3)18(12-11-17-15)14(19)10-9-13-7-5-4-6-8-13/h4-10,15,17H,11-12H2,1-3H3. The first kappa shape index (κ1) is 16.6. The molecule has 6 heteroatoms. The molecule has 120 valence electrons. The number of hydrogen-bond donors (Lipinski definition) is 1. The zero-order chi connectivity index (χ0) is 16.0. The smallest absolute Gasteiger partial charge is 0.295 e. The van der Waals surface area contributed by atoms with E-state index in [1.54, 1.807) is 6.08 Å². The predicted molar refractivity (Wildman–Crippen MR) is 82.7 cm³/mol. The van der Waals surface area contributed by atoms with Crippen LogP contribution in [0.25, 0.3) is 6.08 Å². The molecule has 1 fully saturated rings. The molecule has 0 bridgehead atoms. The summed E-state index contributed by atoms with van der Waals surface area (Å²) in [6.45, 7) is 1.05. The summed E-state index contributed by atoms with van der Waals surface area (Å²) in [6, 6.07) is 9.63. The molecule has 2 rings (SSSR count). The van der Waals surface area contributed by atoms with Crippen molar-refractivity contribution in [2.24, 2.45) is 0 Å². The third kappa shape index (κ3) is 3.20. The molecule has 1 atom stereocenters. The number of piperazine rings is 1. The Balaban J connectivity index is 2.20. The molecular formula is C16H22N2O4. The predicted octanol–water partition coefficient (Wildman–Crippen LogP) is 1.05. The van der Waals surface area contributed by atoms with E-state index in [4.69, 9.17) is 14.2 Å². The number of hydrogen-bond acceptors (Lipinski definition) is 5. The van der Waals surface area contributed by atoms with Gasteiger partial charge in [-0.1, -0.05) is 30.3 Å². The Kier molecular flexibility index (Phi) is 5.68. The van der Waals surface area contributed by atoms with Gasteiger partial charge in [0.1, 0.15) is 0 Å². The summed E-state index contributed by atoms with van der Waals surface area (Å²) in [5.74, 6) is -1.48. The molecule has 6 nitrogen and oxygen atoms in total. The number of carbonyl (C=O) groups excluding carboxylic acids is 1. The van der Waals surface area contributed by atoms with Crippen molar-refractivity contribution in [3.05, 3.63) is 42.0 Å². The average Bonchev–Trinajstić information content (AvgIpc) is 2.59. The van der Waals surface area contributed by atoms with Crippen molar-refractivity contribution in [2.45, 2.75) is 12.1 Å². The molecule has 0 saturated carbocycles. The van der Waals surface area contributed by atoms with Crippen LogP contribution in [0.2, 0.25) is 0 Å². The summed E-state index contributed by atoms with van der Waals surface area (Å²) in [5, 5.41) is 3.13. The fraction of sp³-hybridized carbons (Fsp3) is 0.438. The molecular weight excluding hydrogens is 284 g/mol. The van der Waals surface area contributed by atoms with Gasteiger partial charge < -0.3 is 14.2 Å². The molecule has 1 aromatic rings. The quantitative estimate of drug-likeness (QED) is 0.651. The van der Waals surface area contributed by atoms with Crippen LogP contribution in [0.4, 0.5) is 0 Å². The van der Waals surface area contributed by atoms with Crippen molar-refractivity contribution in [3.8, 4) is 0 Å². The van der Waals surface area contributed by atoms with Crippen LogP contribution in [0.3, 0.4) is 0 Å². The second-order valence-corrected chi connectivity index (χ2v) is 4.84. The number of methoxy groups -OCH3 is 3. The first-order valence-corrected chi connectivity index (χ1v) is 7.09. The lowest BCUT2D eigenvalue weighted by Gasteiger charge is -2.48. The minimum Gasteiger partial charge on any atom is -0.359 e. The van der Waals surface area contributed by atoms with E-state index in [1.165, 1.54) is 32.3 Å². The van der Waals surface area contributed by atoms with Crippen molar-refractivity contribution in [2.75, 3.05) is 34.4 Å². The van der Waals surface area contributed by atoms with Crippen molar-refractivity contribution in [3.63, 3.8) is 0 Å². The van der Waals surface area contributed by atoms with Crippen LogP contribution in [0.15, 0.2) is 36.4 Å². The number of nitrogens with one attached hydrogen (secondary N) is 1. The minimum absolute atomic E-state index is 0.198. The largest absolute Gasteiger partial charge is 0.359 e. The first-order chi connectivity index (χ1) is 10.7. The monoisotopic (exact) mass is 306 g/mol. The molecule has 0 spiro atoms. The van der Waals surface area contributed by atoms with Gasteiger partial charge in [-0.15, -0.1) is 0 Å². The van der Waals surface area contributed by atoms with Gasteiger partial charge in [-0.2, -0.15) is 0 Å². The van der Waals surface area contributed by atoms with Crippen molar-refractivity contribution in [1.29, 1.82) is 0 Å². The normalized spacial score (nSPS) is 21.2. The van der Waals surface area contributed by atoms with E-state index < -0.39 is 12.1 Å². The van der Waals surface area contributed by atoms with Gasteiger partial charge in [0, 0.05) is 40.5 Å². The highest BCUT2D eigenvalue weighted by atomic mass is 16.7. The van der Waals surface area contributed by atoms with Crippen LogP contribution in [0, 0.1) is 0 Å². The summed E-state index contributed by atoms with van der Waals surface area (Å²) >= 11 is 0. The van der Waals surface area contributed by atoms with Crippen LogP contribution in [0.1, 0.15) is 5.56 Å². The number of amides is 1. The number of benzene rings is 1. The third-order valence-corrected chi connectivity index (χ3v) is 3.68. The minimum atomic E-state index is -1.29. The molecule has 1 aromatic carbocycles. The van der Waals surface area contributed by atoms with Gasteiger partial charge in [-0.05, 0) is 11.6 Å². The Hall–Kier alpha value is -1.73. The van der Waals surface area contributed by atoms with Gasteiger partial charge in [0.15, 0.2) is 6.23 Å². The molecule has 0 aliphatic carbocycles. The van der Waals surface area contributed by atoms with E-state index >= 15 is 0 Å². The zero-order valence-electron chi connectivity index (χ0n) is 13.1. The number of ether oxygens (including phenoxy) is 3. The topological polar surface area (TPSA) is 60.0 Å². The van der Waals surface area contributed by atoms with Gasteiger partial charge in [0.2, 0.25) is 0 Å². The molecule has 1 N–H and O–H groups in total. The van der Waals surface area contributed by atoms with Crippen molar-refractivity contribution in [1.82, 2.24) is 10.2 Å². The maximum Gasteiger partial charge on any atom is 0.295 e. The summed E-state index contributed by atoms with van der Waals surface area (Å²) in [4.78, 5) is 14.1. The molecule has 1 heterocycles. The van der Waals surface area contributed by atoms with Gasteiger partial charge >= 0.3 is 0 Å². The van der Waals surface area contributed by atoms with Crippen molar-refractivity contribution < 1.29 is 19.0 Å². The Bertz CT molecular complexity index is 514. The third-order valence-electron chi connectivity index (χ3n) is 3.68. The SMILES string of the molecule is COC1NCCN(C(=O)C=Cc2ccccc2)C1(OC)OC. The van der Waals surface area contributed by atoms with Gasteiger partial charge in [0.05, 0.1) is 0 Å². The number of rotatable bonds is 5. The molecule has 22 heavy (non-hydrogen) atoms. The van der Waals surface area contributed by atoms with Crippen LogP contribution < -0.4 is 5.32 Å². The van der Waals surface area contributed by atoms with E-state index in [-0.39, 0.29) is 5.91 Å². The fourth-order valence-electron chi connectivity index (χ4n) is 2.57. The second kappa shape index (κ2) is 7.51. The summed E-state index contributed by atoms with van der Waals surface area (Å²) in [6.07, 6.45) is 2.72. The number of nitrogens with zero attached hydrogens (tertiary/aromatic N) is 1. The number of carbonyl (C=O) groups is 1. The van der Waals surface area contributed by atoms with E-state index in [9.17, 15) is 4.79 Å². The highest BCUT2D eigenvalue weighted by Gasteiger charge is 2.50. The molecule has 0 radical (unpaired) electrons. The highest BCUT2D eigenvalue weighted by molar-refractivity contribution is 5.92. The van der Waals surface area contributed by atoms with Crippen LogP contribution in [-0.4, -0.2) is 57.4 Å². The highest BCUT2D eigenvalue weighted by Crippen LogP contribution is 2.26. The molecule has 1 aliphatic rings. The first-order valence-electron chi connectivity index (χ1n) is 7.09. The van der Waals surface area contributed by atoms with Crippen LogP contribution in [-0.2, 0) is 19.0 Å². The van der Waals surface area contributed by atoms with E-state index in [0.29, 0.717) is 13.1 Å². The maximum absolute atomic E-state index is 12.6. The Labute approximate surface area is 130 Å². The average molecular weight is 306 g/mol.